The lowest BCUT2D eigenvalue weighted by molar-refractivity contribution is 0.762. The van der Waals surface area contributed by atoms with Crippen LogP contribution in [0.1, 0.15) is 36.1 Å². The molecule has 1 nitrogen and oxygen atoms in total. The van der Waals surface area contributed by atoms with Gasteiger partial charge in [-0.3, -0.25) is 0 Å². The molecule has 0 aromatic heterocycles. The Morgan fingerprint density at radius 3 is 2.89 bits per heavy atom. The van der Waals surface area contributed by atoms with Gasteiger partial charge in [-0.25, -0.2) is 0 Å². The smallest absolute Gasteiger partial charge is 0.0519 e. The molecule has 0 amide bonds. The van der Waals surface area contributed by atoms with Crippen LogP contribution in [0.15, 0.2) is 48.5 Å². The van der Waals surface area contributed by atoms with E-state index in [4.69, 9.17) is 0 Å². The van der Waals surface area contributed by atoms with Crippen LogP contribution < -0.4 is 5.32 Å². The average Bonchev–Trinajstić information content (AvgIpc) is 2.83. The minimum absolute atomic E-state index is 0.480. The molecule has 1 N–H and O–H groups in total. The van der Waals surface area contributed by atoms with Gasteiger partial charge in [0.05, 0.1) is 6.04 Å². The maximum atomic E-state index is 3.67. The van der Waals surface area contributed by atoms with Crippen LogP contribution in [-0.4, -0.2) is 0 Å². The molecular weight excluding hydrogens is 218 g/mol. The summed E-state index contributed by atoms with van der Waals surface area (Å²) in [5.74, 6) is 0. The first-order valence-electron chi connectivity index (χ1n) is 6.80. The maximum Gasteiger partial charge on any atom is 0.0519 e. The number of anilines is 1. The third-order valence-corrected chi connectivity index (χ3v) is 3.81. The summed E-state index contributed by atoms with van der Waals surface area (Å²) in [4.78, 5) is 0. The van der Waals surface area contributed by atoms with E-state index < -0.39 is 0 Å². The second kappa shape index (κ2) is 4.85. The number of fused-ring (bicyclic) bond motifs is 1. The van der Waals surface area contributed by atoms with Gasteiger partial charge in [-0.2, -0.15) is 0 Å². The lowest BCUT2D eigenvalue weighted by atomic mass is 10.1. The van der Waals surface area contributed by atoms with Crippen LogP contribution in [0.5, 0.6) is 0 Å². The van der Waals surface area contributed by atoms with Crippen molar-refractivity contribution in [2.24, 2.45) is 0 Å². The lowest BCUT2D eigenvalue weighted by Crippen LogP contribution is -2.07. The molecule has 1 atom stereocenters. The van der Waals surface area contributed by atoms with Crippen molar-refractivity contribution in [3.8, 4) is 0 Å². The fourth-order valence-corrected chi connectivity index (χ4v) is 2.79. The molecule has 0 saturated carbocycles. The van der Waals surface area contributed by atoms with Crippen molar-refractivity contribution in [2.75, 3.05) is 5.32 Å². The molecule has 18 heavy (non-hydrogen) atoms. The van der Waals surface area contributed by atoms with E-state index >= 15 is 0 Å². The molecule has 0 bridgehead atoms. The summed E-state index contributed by atoms with van der Waals surface area (Å²) in [5, 5.41) is 3.67. The Morgan fingerprint density at radius 2 is 2.00 bits per heavy atom. The molecule has 3 rings (SSSR count). The molecule has 0 fully saturated rings. The summed E-state index contributed by atoms with van der Waals surface area (Å²) in [6, 6.07) is 18.0. The second-order valence-electron chi connectivity index (χ2n) is 4.99. The SMILES string of the molecule is CCc1cccc(NC2CCc3ccccc32)c1. The van der Waals surface area contributed by atoms with Crippen LogP contribution in [-0.2, 0) is 12.8 Å². The zero-order chi connectivity index (χ0) is 12.4. The zero-order valence-corrected chi connectivity index (χ0v) is 10.8. The third-order valence-electron chi connectivity index (χ3n) is 3.81. The summed E-state index contributed by atoms with van der Waals surface area (Å²) in [6.07, 6.45) is 3.49. The van der Waals surface area contributed by atoms with Crippen LogP contribution in [0.25, 0.3) is 0 Å². The van der Waals surface area contributed by atoms with Crippen LogP contribution in [0, 0.1) is 0 Å². The van der Waals surface area contributed by atoms with Gasteiger partial charge in [0, 0.05) is 5.69 Å². The predicted molar refractivity (Wildman–Crippen MR) is 76.9 cm³/mol. The monoisotopic (exact) mass is 237 g/mol. The highest BCUT2D eigenvalue weighted by atomic mass is 14.9. The van der Waals surface area contributed by atoms with E-state index in [2.05, 4.69) is 60.8 Å². The van der Waals surface area contributed by atoms with Gasteiger partial charge in [0.2, 0.25) is 0 Å². The highest BCUT2D eigenvalue weighted by Crippen LogP contribution is 2.33. The first kappa shape index (κ1) is 11.3. The van der Waals surface area contributed by atoms with Crippen molar-refractivity contribution in [2.45, 2.75) is 32.2 Å². The highest BCUT2D eigenvalue weighted by molar-refractivity contribution is 5.50. The molecule has 0 radical (unpaired) electrons. The van der Waals surface area contributed by atoms with Gasteiger partial charge in [-0.05, 0) is 48.1 Å². The van der Waals surface area contributed by atoms with E-state index in [0.717, 1.165) is 6.42 Å². The normalized spacial score (nSPS) is 17.5. The van der Waals surface area contributed by atoms with E-state index in [0.29, 0.717) is 6.04 Å². The predicted octanol–water partition coefficient (Wildman–Crippen LogP) is 4.35. The molecule has 1 aliphatic carbocycles. The molecule has 1 unspecified atom stereocenters. The van der Waals surface area contributed by atoms with Gasteiger partial charge in [0.25, 0.3) is 0 Å². The summed E-state index contributed by atoms with van der Waals surface area (Å²) >= 11 is 0. The van der Waals surface area contributed by atoms with Crippen LogP contribution >= 0.6 is 0 Å². The van der Waals surface area contributed by atoms with E-state index in [1.54, 1.807) is 0 Å². The topological polar surface area (TPSA) is 12.0 Å². The van der Waals surface area contributed by atoms with Gasteiger partial charge < -0.3 is 5.32 Å². The van der Waals surface area contributed by atoms with E-state index in [1.165, 1.54) is 35.2 Å². The van der Waals surface area contributed by atoms with E-state index in [9.17, 15) is 0 Å². The first-order chi connectivity index (χ1) is 8.86. The standard InChI is InChI=1S/C17H19N/c1-2-13-6-5-8-15(12-13)18-17-11-10-14-7-3-4-9-16(14)17/h3-9,12,17-18H,2,10-11H2,1H3. The fourth-order valence-electron chi connectivity index (χ4n) is 2.79. The number of rotatable bonds is 3. The highest BCUT2D eigenvalue weighted by Gasteiger charge is 2.21. The molecule has 2 aromatic rings. The van der Waals surface area contributed by atoms with Crippen molar-refractivity contribution in [3.63, 3.8) is 0 Å². The van der Waals surface area contributed by atoms with Gasteiger partial charge in [-0.1, -0.05) is 43.3 Å². The Bertz CT molecular complexity index is 545. The summed E-state index contributed by atoms with van der Waals surface area (Å²) in [5.41, 5.74) is 5.61. The number of hydrogen-bond donors (Lipinski definition) is 1. The number of hydrogen-bond acceptors (Lipinski definition) is 1. The average molecular weight is 237 g/mol. The number of aryl methyl sites for hydroxylation is 2. The molecule has 1 aliphatic rings. The van der Waals surface area contributed by atoms with E-state index in [1.807, 2.05) is 0 Å². The van der Waals surface area contributed by atoms with Crippen LogP contribution in [0.2, 0.25) is 0 Å². The van der Waals surface area contributed by atoms with Crippen LogP contribution in [0.3, 0.4) is 0 Å². The lowest BCUT2D eigenvalue weighted by Gasteiger charge is -2.16. The maximum absolute atomic E-state index is 3.67. The summed E-state index contributed by atoms with van der Waals surface area (Å²) in [7, 11) is 0. The van der Waals surface area contributed by atoms with Gasteiger partial charge in [-0.15, -0.1) is 0 Å². The van der Waals surface area contributed by atoms with Crippen LogP contribution in [0.4, 0.5) is 5.69 Å². The fraction of sp³-hybridized carbons (Fsp3) is 0.294. The molecule has 0 heterocycles. The van der Waals surface area contributed by atoms with Crippen molar-refractivity contribution < 1.29 is 0 Å². The summed E-state index contributed by atoms with van der Waals surface area (Å²) < 4.78 is 0. The minimum Gasteiger partial charge on any atom is -0.378 e. The minimum atomic E-state index is 0.480. The largest absolute Gasteiger partial charge is 0.378 e. The van der Waals surface area contributed by atoms with Crippen molar-refractivity contribution in [1.82, 2.24) is 0 Å². The van der Waals surface area contributed by atoms with Crippen molar-refractivity contribution in [1.29, 1.82) is 0 Å². The van der Waals surface area contributed by atoms with Gasteiger partial charge in [0.1, 0.15) is 0 Å². The first-order valence-corrected chi connectivity index (χ1v) is 6.80. The molecule has 0 saturated heterocycles. The van der Waals surface area contributed by atoms with Crippen molar-refractivity contribution >= 4 is 5.69 Å². The Hall–Kier alpha value is -1.76. The Kier molecular flexibility index (Phi) is 3.06. The van der Waals surface area contributed by atoms with Crippen molar-refractivity contribution in [3.05, 3.63) is 65.2 Å². The Balaban J connectivity index is 1.82. The second-order valence-corrected chi connectivity index (χ2v) is 4.99. The molecule has 1 heteroatoms. The molecule has 2 aromatic carbocycles. The van der Waals surface area contributed by atoms with Gasteiger partial charge >= 0.3 is 0 Å². The Labute approximate surface area is 109 Å². The zero-order valence-electron chi connectivity index (χ0n) is 10.8. The molecule has 92 valence electrons. The Morgan fingerprint density at radius 1 is 1.11 bits per heavy atom. The van der Waals surface area contributed by atoms with Gasteiger partial charge in [0.15, 0.2) is 0 Å². The summed E-state index contributed by atoms with van der Waals surface area (Å²) in [6.45, 7) is 2.20. The molecular formula is C17H19N. The van der Waals surface area contributed by atoms with E-state index in [-0.39, 0.29) is 0 Å². The third kappa shape index (κ3) is 2.13. The quantitative estimate of drug-likeness (QED) is 0.837. The molecule has 0 aliphatic heterocycles. The number of nitrogens with one attached hydrogen (secondary N) is 1. The molecule has 0 spiro atoms. The number of benzene rings is 2.